The first-order chi connectivity index (χ1) is 6.83. The molecule has 2 nitrogen and oxygen atoms in total. The average molecular weight is 190 g/mol. The number of carbonyl (C=O) groups is 1. The first-order valence-electron chi connectivity index (χ1n) is 5.02. The zero-order chi connectivity index (χ0) is 10.2. The van der Waals surface area contributed by atoms with Crippen molar-refractivity contribution in [3.05, 3.63) is 35.9 Å². The van der Waals surface area contributed by atoms with Gasteiger partial charge >= 0.3 is 5.97 Å². The van der Waals surface area contributed by atoms with Gasteiger partial charge in [-0.05, 0) is 12.0 Å². The molecule has 1 aromatic rings. The summed E-state index contributed by atoms with van der Waals surface area (Å²) in [5.41, 5.74) is 1.04. The molecule has 0 aromatic heterocycles. The van der Waals surface area contributed by atoms with Gasteiger partial charge in [0, 0.05) is 6.42 Å². The number of esters is 1. The lowest BCUT2D eigenvalue weighted by atomic mass is 10.0. The van der Waals surface area contributed by atoms with Crippen LogP contribution in [0.3, 0.4) is 0 Å². The van der Waals surface area contributed by atoms with E-state index in [-0.39, 0.29) is 5.97 Å². The zero-order valence-corrected chi connectivity index (χ0v) is 8.53. The zero-order valence-electron chi connectivity index (χ0n) is 8.53. The lowest BCUT2D eigenvalue weighted by molar-refractivity contribution is -0.144. The van der Waals surface area contributed by atoms with Gasteiger partial charge in [0.25, 0.3) is 0 Å². The summed E-state index contributed by atoms with van der Waals surface area (Å²) in [4.78, 5) is 11.2. The Morgan fingerprint density at radius 1 is 1.29 bits per heavy atom. The van der Waals surface area contributed by atoms with Crippen molar-refractivity contribution in [2.45, 2.75) is 25.8 Å². The van der Waals surface area contributed by atoms with Gasteiger partial charge < -0.3 is 4.74 Å². The van der Waals surface area contributed by atoms with Crippen molar-refractivity contribution < 1.29 is 9.53 Å². The summed E-state index contributed by atoms with van der Waals surface area (Å²) in [6.07, 6.45) is 2.47. The SMILES string of the molecule is BCCCC(=O)OCc1ccccc1. The van der Waals surface area contributed by atoms with E-state index in [2.05, 4.69) is 7.85 Å². The highest BCUT2D eigenvalue weighted by atomic mass is 16.5. The summed E-state index contributed by atoms with van der Waals surface area (Å²) >= 11 is 0. The van der Waals surface area contributed by atoms with Crippen LogP contribution in [0.15, 0.2) is 30.3 Å². The van der Waals surface area contributed by atoms with Crippen LogP contribution >= 0.6 is 0 Å². The molecule has 1 aromatic carbocycles. The van der Waals surface area contributed by atoms with E-state index in [4.69, 9.17) is 4.74 Å². The van der Waals surface area contributed by atoms with Crippen LogP contribution in [-0.2, 0) is 16.1 Å². The standard InChI is InChI=1S/C11H15BO2/c12-8-4-7-11(13)14-9-10-5-2-1-3-6-10/h1-3,5-6H,4,7-9,12H2. The van der Waals surface area contributed by atoms with E-state index in [0.29, 0.717) is 13.0 Å². The van der Waals surface area contributed by atoms with E-state index in [1.54, 1.807) is 0 Å². The molecule has 1 rings (SSSR count). The van der Waals surface area contributed by atoms with Crippen molar-refractivity contribution in [2.24, 2.45) is 0 Å². The third-order valence-electron chi connectivity index (χ3n) is 1.98. The molecule has 74 valence electrons. The molecule has 0 spiro atoms. The van der Waals surface area contributed by atoms with E-state index >= 15 is 0 Å². The molecule has 0 aliphatic rings. The molecule has 0 radical (unpaired) electrons. The Morgan fingerprint density at radius 2 is 2.00 bits per heavy atom. The molecule has 0 amide bonds. The van der Waals surface area contributed by atoms with Gasteiger partial charge in [-0.15, -0.1) is 0 Å². The highest BCUT2D eigenvalue weighted by molar-refractivity contribution is 6.08. The van der Waals surface area contributed by atoms with Gasteiger partial charge in [0.2, 0.25) is 0 Å². The summed E-state index contributed by atoms with van der Waals surface area (Å²) in [7, 11) is 2.06. The fraction of sp³-hybridized carbons (Fsp3) is 0.364. The Kier molecular flexibility index (Phi) is 4.83. The van der Waals surface area contributed by atoms with E-state index in [9.17, 15) is 4.79 Å². The molecule has 0 aliphatic carbocycles. The van der Waals surface area contributed by atoms with Crippen LogP contribution < -0.4 is 0 Å². The second-order valence-electron chi connectivity index (χ2n) is 3.25. The third-order valence-corrected chi connectivity index (χ3v) is 1.98. The Bertz CT molecular complexity index is 272. The predicted octanol–water partition coefficient (Wildman–Crippen LogP) is 1.56. The number of carbonyl (C=O) groups excluding carboxylic acids is 1. The molecule has 0 aliphatic heterocycles. The second kappa shape index (κ2) is 6.25. The van der Waals surface area contributed by atoms with Gasteiger partial charge in [0.1, 0.15) is 14.5 Å². The van der Waals surface area contributed by atoms with Gasteiger partial charge in [-0.2, -0.15) is 0 Å². The Hall–Kier alpha value is -1.25. The highest BCUT2D eigenvalue weighted by Gasteiger charge is 2.01. The van der Waals surface area contributed by atoms with Gasteiger partial charge in [-0.1, -0.05) is 36.7 Å². The second-order valence-corrected chi connectivity index (χ2v) is 3.25. The third kappa shape index (κ3) is 4.12. The number of ether oxygens (including phenoxy) is 1. The fourth-order valence-electron chi connectivity index (χ4n) is 1.13. The number of benzene rings is 1. The van der Waals surface area contributed by atoms with Crippen molar-refractivity contribution in [2.75, 3.05) is 0 Å². The Morgan fingerprint density at radius 3 is 2.64 bits per heavy atom. The summed E-state index contributed by atoms with van der Waals surface area (Å²) in [6, 6.07) is 9.73. The van der Waals surface area contributed by atoms with E-state index in [0.717, 1.165) is 18.3 Å². The minimum atomic E-state index is -0.101. The molecule has 0 heterocycles. The van der Waals surface area contributed by atoms with E-state index < -0.39 is 0 Å². The van der Waals surface area contributed by atoms with Crippen LogP contribution in [0, 0.1) is 0 Å². The van der Waals surface area contributed by atoms with Gasteiger partial charge in [-0.25, -0.2) is 0 Å². The molecular weight excluding hydrogens is 175 g/mol. The first kappa shape index (κ1) is 10.8. The molecule has 0 N–H and O–H groups in total. The maximum Gasteiger partial charge on any atom is 0.306 e. The molecule has 0 saturated heterocycles. The summed E-state index contributed by atoms with van der Waals surface area (Å²) in [5.74, 6) is -0.101. The normalized spacial score (nSPS) is 9.71. The molecule has 0 unspecified atom stereocenters. The van der Waals surface area contributed by atoms with Crippen LogP contribution in [0.2, 0.25) is 6.32 Å². The van der Waals surface area contributed by atoms with E-state index in [1.165, 1.54) is 0 Å². The fourth-order valence-corrected chi connectivity index (χ4v) is 1.13. The van der Waals surface area contributed by atoms with Crippen LogP contribution in [0.4, 0.5) is 0 Å². The molecule has 0 bridgehead atoms. The van der Waals surface area contributed by atoms with E-state index in [1.807, 2.05) is 30.3 Å². The van der Waals surface area contributed by atoms with Crippen molar-refractivity contribution in [1.82, 2.24) is 0 Å². The van der Waals surface area contributed by atoms with Crippen LogP contribution in [0.25, 0.3) is 0 Å². The smallest absolute Gasteiger partial charge is 0.306 e. The molecule has 0 fully saturated rings. The molecule has 14 heavy (non-hydrogen) atoms. The minimum Gasteiger partial charge on any atom is -0.461 e. The van der Waals surface area contributed by atoms with Crippen LogP contribution in [-0.4, -0.2) is 13.8 Å². The van der Waals surface area contributed by atoms with Crippen molar-refractivity contribution in [3.8, 4) is 0 Å². The van der Waals surface area contributed by atoms with Crippen molar-refractivity contribution in [3.63, 3.8) is 0 Å². The number of hydrogen-bond donors (Lipinski definition) is 0. The topological polar surface area (TPSA) is 26.3 Å². The maximum atomic E-state index is 11.2. The summed E-state index contributed by atoms with van der Waals surface area (Å²) < 4.78 is 5.09. The summed E-state index contributed by atoms with van der Waals surface area (Å²) in [6.45, 7) is 0.392. The lowest BCUT2D eigenvalue weighted by Gasteiger charge is -2.03. The Labute approximate surface area is 85.7 Å². The van der Waals surface area contributed by atoms with Gasteiger partial charge in [0.15, 0.2) is 0 Å². The molecule has 0 atom stereocenters. The minimum absolute atomic E-state index is 0.101. The largest absolute Gasteiger partial charge is 0.461 e. The lowest BCUT2D eigenvalue weighted by Crippen LogP contribution is -2.03. The number of hydrogen-bond acceptors (Lipinski definition) is 2. The quantitative estimate of drug-likeness (QED) is 0.520. The number of rotatable bonds is 5. The highest BCUT2D eigenvalue weighted by Crippen LogP contribution is 2.03. The molecular formula is C11H15BO2. The van der Waals surface area contributed by atoms with Crippen molar-refractivity contribution >= 4 is 13.8 Å². The van der Waals surface area contributed by atoms with Gasteiger partial charge in [-0.3, -0.25) is 4.79 Å². The Balaban J connectivity index is 2.24. The predicted molar refractivity (Wildman–Crippen MR) is 58.8 cm³/mol. The molecule has 3 heteroatoms. The van der Waals surface area contributed by atoms with Crippen LogP contribution in [0.1, 0.15) is 18.4 Å². The monoisotopic (exact) mass is 190 g/mol. The average Bonchev–Trinajstić information content (AvgIpc) is 2.25. The first-order valence-corrected chi connectivity index (χ1v) is 5.02. The summed E-state index contributed by atoms with van der Waals surface area (Å²) in [5, 5.41) is 0. The van der Waals surface area contributed by atoms with Crippen LogP contribution in [0.5, 0.6) is 0 Å². The maximum absolute atomic E-state index is 11.2. The molecule has 0 saturated carbocycles. The van der Waals surface area contributed by atoms with Crippen molar-refractivity contribution in [1.29, 1.82) is 0 Å². The van der Waals surface area contributed by atoms with Gasteiger partial charge in [0.05, 0.1) is 0 Å².